The maximum absolute atomic E-state index is 13.1. The minimum Gasteiger partial charge on any atom is -0.329 e. The zero-order valence-corrected chi connectivity index (χ0v) is 16.0. The molecule has 3 aromatic rings. The molecule has 0 bridgehead atoms. The first-order chi connectivity index (χ1) is 11.9. The summed E-state index contributed by atoms with van der Waals surface area (Å²) in [5.74, 6) is -0.0893. The van der Waals surface area contributed by atoms with E-state index in [2.05, 4.69) is 17.6 Å². The zero-order valence-electron chi connectivity index (χ0n) is 14.4. The number of rotatable bonds is 5. The molecule has 130 valence electrons. The average molecular weight is 374 g/mol. The Balaban J connectivity index is 2.01. The van der Waals surface area contributed by atoms with Gasteiger partial charge in [0.25, 0.3) is 11.5 Å². The van der Waals surface area contributed by atoms with Crippen LogP contribution in [0.1, 0.15) is 25.0 Å². The first-order valence-corrected chi connectivity index (χ1v) is 9.46. The Bertz CT molecular complexity index is 1010. The van der Waals surface area contributed by atoms with Crippen LogP contribution in [-0.2, 0) is 13.6 Å². The van der Waals surface area contributed by atoms with Gasteiger partial charge in [0.05, 0.1) is 23.1 Å². The number of amides is 1. The summed E-state index contributed by atoms with van der Waals surface area (Å²) in [6.07, 6.45) is 3.21. The summed E-state index contributed by atoms with van der Waals surface area (Å²) in [7, 11) is 1.66. The van der Waals surface area contributed by atoms with Gasteiger partial charge in [0, 0.05) is 23.3 Å². The summed E-state index contributed by atoms with van der Waals surface area (Å²) in [4.78, 5) is 35.0. The summed E-state index contributed by atoms with van der Waals surface area (Å²) >= 11 is 2.96. The predicted molar refractivity (Wildman–Crippen MR) is 104 cm³/mol. The lowest BCUT2D eigenvalue weighted by molar-refractivity contribution is 0.0768. The Morgan fingerprint density at radius 1 is 1.36 bits per heavy atom. The third-order valence-electron chi connectivity index (χ3n) is 3.98. The second-order valence-corrected chi connectivity index (χ2v) is 8.26. The van der Waals surface area contributed by atoms with Crippen molar-refractivity contribution in [3.63, 3.8) is 0 Å². The average Bonchev–Trinajstić information content (AvgIpc) is 3.14. The summed E-state index contributed by atoms with van der Waals surface area (Å²) in [5, 5.41) is 0.531. The van der Waals surface area contributed by atoms with E-state index in [-0.39, 0.29) is 11.5 Å². The number of aryl methyl sites for hydroxylation is 3. The van der Waals surface area contributed by atoms with Crippen molar-refractivity contribution < 1.29 is 4.79 Å². The molecule has 0 radical (unpaired) electrons. The minimum atomic E-state index is -0.123. The van der Waals surface area contributed by atoms with Crippen molar-refractivity contribution in [1.29, 1.82) is 0 Å². The SMILES string of the molecule is C=CCN(Cc1ccc(C)s1)C(=O)c1sc2ncn(C)c(=O)c2c1C. The molecule has 0 unspecified atom stereocenters. The maximum atomic E-state index is 13.1. The fraction of sp³-hybridized carbons (Fsp3) is 0.278. The van der Waals surface area contributed by atoms with Gasteiger partial charge < -0.3 is 9.47 Å². The molecular weight excluding hydrogens is 354 g/mol. The molecule has 0 saturated heterocycles. The van der Waals surface area contributed by atoms with E-state index in [9.17, 15) is 9.59 Å². The molecule has 5 nitrogen and oxygen atoms in total. The first-order valence-electron chi connectivity index (χ1n) is 7.82. The van der Waals surface area contributed by atoms with Gasteiger partial charge in [-0.15, -0.1) is 29.3 Å². The number of nitrogens with zero attached hydrogens (tertiary/aromatic N) is 3. The Labute approximate surface area is 153 Å². The van der Waals surface area contributed by atoms with E-state index in [0.29, 0.717) is 33.7 Å². The Morgan fingerprint density at radius 3 is 2.76 bits per heavy atom. The predicted octanol–water partition coefficient (Wildman–Crippen LogP) is 3.50. The number of hydrogen-bond donors (Lipinski definition) is 0. The van der Waals surface area contributed by atoms with Crippen LogP contribution in [0.4, 0.5) is 0 Å². The van der Waals surface area contributed by atoms with Crippen LogP contribution in [0, 0.1) is 13.8 Å². The first kappa shape index (κ1) is 17.6. The molecule has 0 aliphatic rings. The van der Waals surface area contributed by atoms with E-state index in [1.54, 1.807) is 29.4 Å². The monoisotopic (exact) mass is 373 g/mol. The van der Waals surface area contributed by atoms with Crippen molar-refractivity contribution in [3.8, 4) is 0 Å². The van der Waals surface area contributed by atoms with E-state index in [1.807, 2.05) is 19.9 Å². The van der Waals surface area contributed by atoms with Gasteiger partial charge in [-0.25, -0.2) is 4.98 Å². The van der Waals surface area contributed by atoms with Gasteiger partial charge in [-0.1, -0.05) is 6.08 Å². The summed E-state index contributed by atoms with van der Waals surface area (Å²) in [6, 6.07) is 4.09. The highest BCUT2D eigenvalue weighted by atomic mass is 32.1. The number of carbonyl (C=O) groups excluding carboxylic acids is 1. The van der Waals surface area contributed by atoms with Crippen molar-refractivity contribution >= 4 is 38.8 Å². The standard InChI is InChI=1S/C18H19N3O2S2/c1-5-8-21(9-13-7-6-11(2)24-13)18(23)15-12(3)14-16(25-15)19-10-20(4)17(14)22/h5-7,10H,1,8-9H2,2-4H3. The van der Waals surface area contributed by atoms with Crippen molar-refractivity contribution in [2.45, 2.75) is 20.4 Å². The Morgan fingerprint density at radius 2 is 2.12 bits per heavy atom. The van der Waals surface area contributed by atoms with Crippen LogP contribution in [0.5, 0.6) is 0 Å². The third kappa shape index (κ3) is 3.29. The van der Waals surface area contributed by atoms with Crippen molar-refractivity contribution in [3.05, 3.63) is 61.7 Å². The molecule has 0 aliphatic carbocycles. The fourth-order valence-corrected chi connectivity index (χ4v) is 4.70. The fourth-order valence-electron chi connectivity index (χ4n) is 2.69. The quantitative estimate of drug-likeness (QED) is 0.643. The molecule has 3 aromatic heterocycles. The molecule has 0 atom stereocenters. The largest absolute Gasteiger partial charge is 0.329 e. The number of thiophene rings is 2. The topological polar surface area (TPSA) is 55.2 Å². The Hall–Kier alpha value is -2.25. The van der Waals surface area contributed by atoms with Gasteiger partial charge in [-0.3, -0.25) is 9.59 Å². The Kier molecular flexibility index (Phi) is 4.87. The highest BCUT2D eigenvalue weighted by Gasteiger charge is 2.23. The van der Waals surface area contributed by atoms with Gasteiger partial charge in [-0.05, 0) is 31.5 Å². The third-order valence-corrected chi connectivity index (χ3v) is 6.16. The lowest BCUT2D eigenvalue weighted by Gasteiger charge is -2.20. The molecule has 0 N–H and O–H groups in total. The molecular formula is C18H19N3O2S2. The van der Waals surface area contributed by atoms with Crippen LogP contribution < -0.4 is 5.56 Å². The van der Waals surface area contributed by atoms with Gasteiger partial charge in [-0.2, -0.15) is 0 Å². The van der Waals surface area contributed by atoms with Crippen molar-refractivity contribution in [1.82, 2.24) is 14.5 Å². The van der Waals surface area contributed by atoms with Gasteiger partial charge in [0.2, 0.25) is 0 Å². The summed E-state index contributed by atoms with van der Waals surface area (Å²) in [5.41, 5.74) is 0.581. The van der Waals surface area contributed by atoms with Crippen LogP contribution in [0.25, 0.3) is 10.2 Å². The molecule has 0 fully saturated rings. The lowest BCUT2D eigenvalue weighted by atomic mass is 10.2. The van der Waals surface area contributed by atoms with Gasteiger partial charge in [0.15, 0.2) is 0 Å². The molecule has 3 heterocycles. The zero-order chi connectivity index (χ0) is 18.1. The molecule has 3 rings (SSSR count). The van der Waals surface area contributed by atoms with E-state index in [4.69, 9.17) is 0 Å². The highest BCUT2D eigenvalue weighted by Crippen LogP contribution is 2.29. The van der Waals surface area contributed by atoms with Gasteiger partial charge in [0.1, 0.15) is 4.83 Å². The minimum absolute atomic E-state index is 0.0893. The van der Waals surface area contributed by atoms with Crippen LogP contribution in [0.15, 0.2) is 35.9 Å². The molecule has 1 amide bonds. The number of carbonyl (C=O) groups is 1. The number of fused-ring (bicyclic) bond motifs is 1. The van der Waals surface area contributed by atoms with Crippen LogP contribution in [-0.4, -0.2) is 26.9 Å². The van der Waals surface area contributed by atoms with E-state index < -0.39 is 0 Å². The van der Waals surface area contributed by atoms with Gasteiger partial charge >= 0.3 is 0 Å². The number of aromatic nitrogens is 2. The molecule has 7 heteroatoms. The van der Waals surface area contributed by atoms with Crippen LogP contribution in [0.3, 0.4) is 0 Å². The van der Waals surface area contributed by atoms with E-state index in [0.717, 1.165) is 4.88 Å². The lowest BCUT2D eigenvalue weighted by Crippen LogP contribution is -2.30. The summed E-state index contributed by atoms with van der Waals surface area (Å²) < 4.78 is 1.44. The molecule has 0 aliphatic heterocycles. The maximum Gasteiger partial charge on any atom is 0.264 e. The normalized spacial score (nSPS) is 11.0. The highest BCUT2D eigenvalue weighted by molar-refractivity contribution is 7.20. The molecule has 25 heavy (non-hydrogen) atoms. The molecule has 0 aromatic carbocycles. The van der Waals surface area contributed by atoms with E-state index in [1.165, 1.54) is 27.1 Å². The van der Waals surface area contributed by atoms with Crippen LogP contribution in [0.2, 0.25) is 0 Å². The van der Waals surface area contributed by atoms with Crippen molar-refractivity contribution in [2.75, 3.05) is 6.54 Å². The number of hydrogen-bond acceptors (Lipinski definition) is 5. The molecule has 0 spiro atoms. The second kappa shape index (κ2) is 6.93. The molecule has 0 saturated carbocycles. The van der Waals surface area contributed by atoms with Crippen molar-refractivity contribution in [2.24, 2.45) is 7.05 Å². The smallest absolute Gasteiger partial charge is 0.264 e. The summed E-state index contributed by atoms with van der Waals surface area (Å²) in [6.45, 7) is 8.61. The van der Waals surface area contributed by atoms with E-state index >= 15 is 0 Å². The second-order valence-electron chi connectivity index (χ2n) is 5.88. The van der Waals surface area contributed by atoms with Crippen LogP contribution >= 0.6 is 22.7 Å².